The van der Waals surface area contributed by atoms with Crippen molar-refractivity contribution in [2.45, 2.75) is 57.8 Å². The maximum absolute atomic E-state index is 12.9. The molecule has 0 bridgehead atoms. The fourth-order valence-electron chi connectivity index (χ4n) is 4.80. The molecule has 1 heterocycles. The molecule has 7 heteroatoms. The van der Waals surface area contributed by atoms with E-state index in [2.05, 4.69) is 36.5 Å². The molecular weight excluding hydrogens is 510 g/mol. The Hall–Kier alpha value is -3.77. The molecule has 39 heavy (non-hydrogen) atoms. The topological polar surface area (TPSA) is 92.2 Å². The van der Waals surface area contributed by atoms with Crippen LogP contribution in [0.15, 0.2) is 72.8 Å². The van der Waals surface area contributed by atoms with Crippen molar-refractivity contribution in [3.63, 3.8) is 0 Å². The number of aromatic nitrogens is 2. The molecule has 0 aliphatic heterocycles. The molecule has 0 saturated carbocycles. The van der Waals surface area contributed by atoms with E-state index < -0.39 is 5.97 Å². The Bertz CT molecular complexity index is 1410. The van der Waals surface area contributed by atoms with Crippen molar-refractivity contribution in [3.05, 3.63) is 94.6 Å². The van der Waals surface area contributed by atoms with Crippen LogP contribution in [0.3, 0.4) is 0 Å². The van der Waals surface area contributed by atoms with Crippen molar-refractivity contribution in [1.29, 1.82) is 0 Å². The number of amides is 1. The second-order valence-corrected chi connectivity index (χ2v) is 10.2. The average molecular weight is 544 g/mol. The SMILES string of the molecule is CCC(CCCNC(=O)c1ccc2nc(-c3ccc(Cl)cc3)c(CCCCC(=O)O)nc2c1)c1ccccc1. The Morgan fingerprint density at radius 2 is 1.69 bits per heavy atom. The van der Waals surface area contributed by atoms with Crippen LogP contribution < -0.4 is 5.32 Å². The molecule has 0 radical (unpaired) electrons. The van der Waals surface area contributed by atoms with Crippen LogP contribution in [0.1, 0.15) is 73.0 Å². The fourth-order valence-corrected chi connectivity index (χ4v) is 4.92. The minimum absolute atomic E-state index is 0.117. The van der Waals surface area contributed by atoms with Gasteiger partial charge in [-0.05, 0) is 80.3 Å². The predicted octanol–water partition coefficient (Wildman–Crippen LogP) is 7.45. The molecule has 0 aliphatic rings. The third kappa shape index (κ3) is 7.87. The van der Waals surface area contributed by atoms with Crippen molar-refractivity contribution in [2.75, 3.05) is 6.54 Å². The number of halogens is 1. The Kier molecular flexibility index (Phi) is 10.0. The quantitative estimate of drug-likeness (QED) is 0.171. The molecule has 0 fully saturated rings. The number of benzene rings is 3. The largest absolute Gasteiger partial charge is 0.481 e. The van der Waals surface area contributed by atoms with Gasteiger partial charge >= 0.3 is 5.97 Å². The van der Waals surface area contributed by atoms with Crippen LogP contribution in [0.2, 0.25) is 5.02 Å². The number of aliphatic carboxylic acids is 1. The molecular formula is C32H34ClN3O3. The summed E-state index contributed by atoms with van der Waals surface area (Å²) in [4.78, 5) is 33.6. The first-order chi connectivity index (χ1) is 18.9. The lowest BCUT2D eigenvalue weighted by Gasteiger charge is -2.15. The number of aryl methyl sites for hydroxylation is 1. The molecule has 1 atom stereocenters. The van der Waals surface area contributed by atoms with E-state index in [4.69, 9.17) is 26.7 Å². The molecule has 1 aromatic heterocycles. The van der Waals surface area contributed by atoms with Crippen molar-refractivity contribution < 1.29 is 14.7 Å². The van der Waals surface area contributed by atoms with Gasteiger partial charge in [0, 0.05) is 29.1 Å². The summed E-state index contributed by atoms with van der Waals surface area (Å²) in [6.07, 6.45) is 4.92. The van der Waals surface area contributed by atoms with Crippen molar-refractivity contribution in [1.82, 2.24) is 15.3 Å². The highest BCUT2D eigenvalue weighted by atomic mass is 35.5. The number of hydrogen-bond acceptors (Lipinski definition) is 4. The first kappa shape index (κ1) is 28.2. The molecule has 0 aliphatic carbocycles. The Balaban J connectivity index is 1.46. The first-order valence-corrected chi connectivity index (χ1v) is 13.9. The standard InChI is InChI=1S/C32H34ClN3O3/c1-2-22(23-9-4-3-5-10-23)11-8-20-34-32(39)25-16-19-27-29(21-25)35-28(12-6-7-13-30(37)38)31(36-27)24-14-17-26(33)18-15-24/h3-5,9-10,14-19,21-22H,2,6-8,11-13,20H2,1H3,(H,34,39)(H,37,38). The van der Waals surface area contributed by atoms with E-state index in [1.807, 2.05) is 36.4 Å². The summed E-state index contributed by atoms with van der Waals surface area (Å²) in [5.41, 5.74) is 5.64. The van der Waals surface area contributed by atoms with Crippen LogP contribution in [0.5, 0.6) is 0 Å². The molecule has 4 rings (SSSR count). The van der Waals surface area contributed by atoms with E-state index in [9.17, 15) is 9.59 Å². The van der Waals surface area contributed by atoms with Crippen molar-refractivity contribution in [3.8, 4) is 11.3 Å². The molecule has 2 N–H and O–H groups in total. The van der Waals surface area contributed by atoms with Crippen LogP contribution in [-0.4, -0.2) is 33.5 Å². The van der Waals surface area contributed by atoms with Crippen LogP contribution in [0.25, 0.3) is 22.3 Å². The van der Waals surface area contributed by atoms with Crippen LogP contribution in [-0.2, 0) is 11.2 Å². The summed E-state index contributed by atoms with van der Waals surface area (Å²) in [7, 11) is 0. The third-order valence-corrected chi connectivity index (χ3v) is 7.20. The Labute approximate surface area is 234 Å². The fraction of sp³-hybridized carbons (Fsp3) is 0.312. The third-order valence-electron chi connectivity index (χ3n) is 6.95. The zero-order chi connectivity index (χ0) is 27.6. The van der Waals surface area contributed by atoms with Gasteiger partial charge in [-0.1, -0.05) is 61.0 Å². The number of carboxylic acid groups (broad SMARTS) is 1. The molecule has 1 amide bonds. The van der Waals surface area contributed by atoms with Gasteiger partial charge < -0.3 is 10.4 Å². The maximum atomic E-state index is 12.9. The highest BCUT2D eigenvalue weighted by Gasteiger charge is 2.14. The summed E-state index contributed by atoms with van der Waals surface area (Å²) in [6.45, 7) is 2.81. The molecule has 0 spiro atoms. The number of carbonyl (C=O) groups excluding carboxylic acids is 1. The van der Waals surface area contributed by atoms with Gasteiger partial charge in [0.2, 0.25) is 0 Å². The number of carbonyl (C=O) groups is 2. The highest BCUT2D eigenvalue weighted by molar-refractivity contribution is 6.30. The predicted molar refractivity (Wildman–Crippen MR) is 156 cm³/mol. The van der Waals surface area contributed by atoms with Gasteiger partial charge in [0.05, 0.1) is 22.4 Å². The minimum atomic E-state index is -0.807. The number of nitrogens with zero attached hydrogens (tertiary/aromatic N) is 2. The van der Waals surface area contributed by atoms with Crippen LogP contribution in [0, 0.1) is 0 Å². The Morgan fingerprint density at radius 3 is 2.41 bits per heavy atom. The van der Waals surface area contributed by atoms with E-state index in [0.29, 0.717) is 53.3 Å². The van der Waals surface area contributed by atoms with E-state index in [1.165, 1.54) is 5.56 Å². The van der Waals surface area contributed by atoms with Gasteiger partial charge in [0.25, 0.3) is 5.91 Å². The van der Waals surface area contributed by atoms with E-state index in [0.717, 1.165) is 36.2 Å². The number of fused-ring (bicyclic) bond motifs is 1. The highest BCUT2D eigenvalue weighted by Crippen LogP contribution is 2.27. The Morgan fingerprint density at radius 1 is 0.923 bits per heavy atom. The zero-order valence-corrected chi connectivity index (χ0v) is 23.0. The molecule has 6 nitrogen and oxygen atoms in total. The minimum Gasteiger partial charge on any atom is -0.481 e. The van der Waals surface area contributed by atoms with E-state index >= 15 is 0 Å². The summed E-state index contributed by atoms with van der Waals surface area (Å²) in [5.74, 6) is -0.447. The number of hydrogen-bond donors (Lipinski definition) is 2. The lowest BCUT2D eigenvalue weighted by atomic mass is 9.92. The molecule has 0 saturated heterocycles. The van der Waals surface area contributed by atoms with E-state index in [1.54, 1.807) is 12.1 Å². The number of nitrogens with one attached hydrogen (secondary N) is 1. The van der Waals surface area contributed by atoms with Crippen LogP contribution in [0.4, 0.5) is 0 Å². The van der Waals surface area contributed by atoms with Gasteiger partial charge in [-0.25, -0.2) is 9.97 Å². The number of carboxylic acids is 1. The summed E-state index contributed by atoms with van der Waals surface area (Å²) < 4.78 is 0. The lowest BCUT2D eigenvalue weighted by Crippen LogP contribution is -2.24. The second kappa shape index (κ2) is 13.9. The maximum Gasteiger partial charge on any atom is 0.303 e. The molecule has 1 unspecified atom stereocenters. The lowest BCUT2D eigenvalue weighted by molar-refractivity contribution is -0.137. The molecule has 4 aromatic rings. The summed E-state index contributed by atoms with van der Waals surface area (Å²) in [6, 6.07) is 23.3. The number of rotatable bonds is 13. The van der Waals surface area contributed by atoms with Gasteiger partial charge in [-0.15, -0.1) is 0 Å². The van der Waals surface area contributed by atoms with E-state index in [-0.39, 0.29) is 12.3 Å². The second-order valence-electron chi connectivity index (χ2n) is 9.74. The monoisotopic (exact) mass is 543 g/mol. The number of unbranched alkanes of at least 4 members (excludes halogenated alkanes) is 1. The summed E-state index contributed by atoms with van der Waals surface area (Å²) in [5, 5.41) is 12.7. The molecule has 202 valence electrons. The van der Waals surface area contributed by atoms with Crippen molar-refractivity contribution in [2.24, 2.45) is 0 Å². The van der Waals surface area contributed by atoms with Gasteiger partial charge in [0.1, 0.15) is 0 Å². The van der Waals surface area contributed by atoms with Gasteiger partial charge in [-0.2, -0.15) is 0 Å². The first-order valence-electron chi connectivity index (χ1n) is 13.6. The normalized spacial score (nSPS) is 11.8. The van der Waals surface area contributed by atoms with Crippen LogP contribution >= 0.6 is 11.6 Å². The average Bonchev–Trinajstić information content (AvgIpc) is 2.95. The summed E-state index contributed by atoms with van der Waals surface area (Å²) >= 11 is 6.08. The van der Waals surface area contributed by atoms with Crippen molar-refractivity contribution >= 4 is 34.5 Å². The zero-order valence-electron chi connectivity index (χ0n) is 22.2. The molecule has 3 aromatic carbocycles. The smallest absolute Gasteiger partial charge is 0.303 e. The van der Waals surface area contributed by atoms with Gasteiger partial charge in [0.15, 0.2) is 0 Å². The van der Waals surface area contributed by atoms with Gasteiger partial charge in [-0.3, -0.25) is 9.59 Å².